The van der Waals surface area contributed by atoms with E-state index in [-0.39, 0.29) is 0 Å². The van der Waals surface area contributed by atoms with Crippen LogP contribution in [0.1, 0.15) is 38.7 Å². The molecule has 3 heteroatoms. The molecule has 3 unspecified atom stereocenters. The molecule has 1 aliphatic rings. The number of rotatable bonds is 4. The van der Waals surface area contributed by atoms with Crippen molar-refractivity contribution in [3.05, 3.63) is 23.9 Å². The fourth-order valence-corrected chi connectivity index (χ4v) is 2.67. The molecule has 0 aliphatic heterocycles. The number of methoxy groups -OCH3 is 1. The zero-order chi connectivity index (χ0) is 13.0. The molecule has 0 spiro atoms. The Morgan fingerprint density at radius 3 is 2.89 bits per heavy atom. The van der Waals surface area contributed by atoms with Crippen molar-refractivity contribution in [1.29, 1.82) is 0 Å². The number of hydrogen-bond acceptors (Lipinski definition) is 3. The third-order valence-electron chi connectivity index (χ3n) is 4.20. The summed E-state index contributed by atoms with van der Waals surface area (Å²) in [6.07, 6.45) is 5.75. The van der Waals surface area contributed by atoms with Gasteiger partial charge < -0.3 is 10.1 Å². The van der Waals surface area contributed by atoms with Gasteiger partial charge in [0.05, 0.1) is 7.11 Å². The third kappa shape index (κ3) is 3.45. The van der Waals surface area contributed by atoms with Gasteiger partial charge in [-0.3, -0.25) is 0 Å². The minimum atomic E-state index is 0.662. The number of ether oxygens (including phenoxy) is 1. The third-order valence-corrected chi connectivity index (χ3v) is 4.20. The SMILES string of the molecule is COc1cc(CNC2CCC(C)C(C)C2)ccn1. The van der Waals surface area contributed by atoms with Gasteiger partial charge in [-0.05, 0) is 42.7 Å². The van der Waals surface area contributed by atoms with Crippen molar-refractivity contribution >= 4 is 0 Å². The van der Waals surface area contributed by atoms with Crippen LogP contribution >= 0.6 is 0 Å². The Labute approximate surface area is 110 Å². The molecule has 2 rings (SSSR count). The van der Waals surface area contributed by atoms with Crippen LogP contribution in [0.3, 0.4) is 0 Å². The van der Waals surface area contributed by atoms with E-state index in [1.54, 1.807) is 13.3 Å². The van der Waals surface area contributed by atoms with E-state index in [2.05, 4.69) is 24.1 Å². The van der Waals surface area contributed by atoms with Crippen LogP contribution in [-0.2, 0) is 6.54 Å². The summed E-state index contributed by atoms with van der Waals surface area (Å²) < 4.78 is 5.14. The van der Waals surface area contributed by atoms with E-state index in [1.165, 1.54) is 24.8 Å². The predicted octanol–water partition coefficient (Wildman–Crippen LogP) is 3.00. The van der Waals surface area contributed by atoms with Crippen molar-refractivity contribution < 1.29 is 4.74 Å². The van der Waals surface area contributed by atoms with Crippen molar-refractivity contribution in [2.75, 3.05) is 7.11 Å². The van der Waals surface area contributed by atoms with E-state index in [4.69, 9.17) is 4.74 Å². The lowest BCUT2D eigenvalue weighted by atomic mass is 9.79. The zero-order valence-corrected chi connectivity index (χ0v) is 11.6. The molecule has 3 atom stereocenters. The first-order valence-electron chi connectivity index (χ1n) is 6.91. The van der Waals surface area contributed by atoms with E-state index < -0.39 is 0 Å². The molecule has 0 radical (unpaired) electrons. The lowest BCUT2D eigenvalue weighted by Crippen LogP contribution is -2.35. The van der Waals surface area contributed by atoms with E-state index >= 15 is 0 Å². The normalized spacial score (nSPS) is 28.1. The molecule has 1 N–H and O–H groups in total. The molecule has 1 fully saturated rings. The average molecular weight is 248 g/mol. The molecule has 100 valence electrons. The molecule has 0 saturated heterocycles. The summed E-state index contributed by atoms with van der Waals surface area (Å²) in [4.78, 5) is 4.12. The van der Waals surface area contributed by atoms with Crippen molar-refractivity contribution in [2.45, 2.75) is 45.7 Å². The van der Waals surface area contributed by atoms with Gasteiger partial charge in [-0.25, -0.2) is 4.98 Å². The standard InChI is InChI=1S/C15H24N2O/c1-11-4-5-14(8-12(11)2)17-10-13-6-7-16-15(9-13)18-3/h6-7,9,11-12,14,17H,4-5,8,10H2,1-3H3. The van der Waals surface area contributed by atoms with E-state index in [0.717, 1.165) is 18.4 Å². The Balaban J connectivity index is 1.84. The summed E-state index contributed by atoms with van der Waals surface area (Å²) in [7, 11) is 1.66. The number of hydrogen-bond donors (Lipinski definition) is 1. The van der Waals surface area contributed by atoms with Crippen molar-refractivity contribution in [2.24, 2.45) is 11.8 Å². The molecule has 0 amide bonds. The molecule has 3 nitrogen and oxygen atoms in total. The molecule has 1 saturated carbocycles. The summed E-state index contributed by atoms with van der Waals surface area (Å²) >= 11 is 0. The smallest absolute Gasteiger partial charge is 0.213 e. The topological polar surface area (TPSA) is 34.1 Å². The molecule has 1 heterocycles. The highest BCUT2D eigenvalue weighted by Gasteiger charge is 2.23. The van der Waals surface area contributed by atoms with Crippen molar-refractivity contribution in [3.8, 4) is 5.88 Å². The van der Waals surface area contributed by atoms with Crippen LogP contribution in [0.15, 0.2) is 18.3 Å². The van der Waals surface area contributed by atoms with Gasteiger partial charge in [-0.1, -0.05) is 13.8 Å². The zero-order valence-electron chi connectivity index (χ0n) is 11.6. The van der Waals surface area contributed by atoms with Gasteiger partial charge in [0.2, 0.25) is 5.88 Å². The van der Waals surface area contributed by atoms with Gasteiger partial charge in [-0.15, -0.1) is 0 Å². The molecular weight excluding hydrogens is 224 g/mol. The Bertz CT molecular complexity index is 381. The van der Waals surface area contributed by atoms with Gasteiger partial charge in [0.1, 0.15) is 0 Å². The highest BCUT2D eigenvalue weighted by atomic mass is 16.5. The quantitative estimate of drug-likeness (QED) is 0.889. The summed E-state index contributed by atoms with van der Waals surface area (Å²) in [5, 5.41) is 3.66. The maximum absolute atomic E-state index is 5.14. The van der Waals surface area contributed by atoms with Crippen LogP contribution in [0.2, 0.25) is 0 Å². The lowest BCUT2D eigenvalue weighted by molar-refractivity contribution is 0.225. The molecule has 0 aromatic carbocycles. The van der Waals surface area contributed by atoms with Crippen LogP contribution in [0.4, 0.5) is 0 Å². The Morgan fingerprint density at radius 2 is 2.17 bits per heavy atom. The fourth-order valence-electron chi connectivity index (χ4n) is 2.67. The highest BCUT2D eigenvalue weighted by Crippen LogP contribution is 2.29. The summed E-state index contributed by atoms with van der Waals surface area (Å²) in [6, 6.07) is 4.71. The van der Waals surface area contributed by atoms with E-state index in [0.29, 0.717) is 11.9 Å². The molecule has 1 aromatic heterocycles. The first-order valence-corrected chi connectivity index (χ1v) is 6.91. The minimum absolute atomic E-state index is 0.662. The first-order chi connectivity index (χ1) is 8.69. The second-order valence-electron chi connectivity index (χ2n) is 5.55. The van der Waals surface area contributed by atoms with Gasteiger partial charge in [0.15, 0.2) is 0 Å². The molecule has 1 aromatic rings. The van der Waals surface area contributed by atoms with Crippen LogP contribution in [-0.4, -0.2) is 18.1 Å². The Hall–Kier alpha value is -1.09. The predicted molar refractivity (Wildman–Crippen MR) is 73.6 cm³/mol. The van der Waals surface area contributed by atoms with E-state index in [1.807, 2.05) is 12.1 Å². The second kappa shape index (κ2) is 6.19. The first kappa shape index (κ1) is 13.3. The van der Waals surface area contributed by atoms with Crippen LogP contribution in [0.5, 0.6) is 5.88 Å². The molecule has 18 heavy (non-hydrogen) atoms. The lowest BCUT2D eigenvalue weighted by Gasteiger charge is -2.32. The number of aromatic nitrogens is 1. The molecular formula is C15H24N2O. The maximum Gasteiger partial charge on any atom is 0.213 e. The monoisotopic (exact) mass is 248 g/mol. The van der Waals surface area contributed by atoms with Crippen LogP contribution < -0.4 is 10.1 Å². The van der Waals surface area contributed by atoms with Gasteiger partial charge in [-0.2, -0.15) is 0 Å². The molecule has 0 bridgehead atoms. The second-order valence-corrected chi connectivity index (χ2v) is 5.55. The maximum atomic E-state index is 5.14. The summed E-state index contributed by atoms with van der Waals surface area (Å²) in [6.45, 7) is 5.65. The van der Waals surface area contributed by atoms with Gasteiger partial charge >= 0.3 is 0 Å². The molecule has 1 aliphatic carbocycles. The van der Waals surface area contributed by atoms with Crippen molar-refractivity contribution in [1.82, 2.24) is 10.3 Å². The van der Waals surface area contributed by atoms with Crippen LogP contribution in [0, 0.1) is 11.8 Å². The number of pyridine rings is 1. The number of nitrogens with one attached hydrogen (secondary N) is 1. The Kier molecular flexibility index (Phi) is 4.59. The van der Waals surface area contributed by atoms with E-state index in [9.17, 15) is 0 Å². The van der Waals surface area contributed by atoms with Crippen LogP contribution in [0.25, 0.3) is 0 Å². The highest BCUT2D eigenvalue weighted by molar-refractivity contribution is 5.20. The van der Waals surface area contributed by atoms with Gasteiger partial charge in [0.25, 0.3) is 0 Å². The number of nitrogens with zero attached hydrogens (tertiary/aromatic N) is 1. The van der Waals surface area contributed by atoms with Crippen molar-refractivity contribution in [3.63, 3.8) is 0 Å². The largest absolute Gasteiger partial charge is 0.481 e. The Morgan fingerprint density at radius 1 is 1.33 bits per heavy atom. The fraction of sp³-hybridized carbons (Fsp3) is 0.667. The average Bonchev–Trinajstić information content (AvgIpc) is 2.40. The summed E-state index contributed by atoms with van der Waals surface area (Å²) in [5.74, 6) is 2.41. The minimum Gasteiger partial charge on any atom is -0.481 e. The summed E-state index contributed by atoms with van der Waals surface area (Å²) in [5.41, 5.74) is 1.24. The van der Waals surface area contributed by atoms with Gasteiger partial charge in [0, 0.05) is 24.8 Å².